The minimum atomic E-state index is -0.797. The van der Waals surface area contributed by atoms with E-state index in [4.69, 9.17) is 0 Å². The lowest BCUT2D eigenvalue weighted by atomic mass is 9.48. The van der Waals surface area contributed by atoms with Crippen molar-refractivity contribution in [3.63, 3.8) is 0 Å². The van der Waals surface area contributed by atoms with Gasteiger partial charge in [0.2, 0.25) is 0 Å². The lowest BCUT2D eigenvalue weighted by molar-refractivity contribution is -0.151. The van der Waals surface area contributed by atoms with Gasteiger partial charge in [0, 0.05) is 18.3 Å². The van der Waals surface area contributed by atoms with Crippen molar-refractivity contribution in [2.75, 3.05) is 0 Å². The van der Waals surface area contributed by atoms with E-state index in [1.54, 1.807) is 13.0 Å². The molecule has 140 valence electrons. The first-order valence-corrected chi connectivity index (χ1v) is 9.89. The molecular formula is C22H28O4. The molecule has 0 aromatic heterocycles. The van der Waals surface area contributed by atoms with Crippen molar-refractivity contribution in [2.45, 2.75) is 52.9 Å². The number of carboxylic acid groups (broad SMARTS) is 1. The van der Waals surface area contributed by atoms with Gasteiger partial charge in [0.15, 0.2) is 5.78 Å². The van der Waals surface area contributed by atoms with Crippen LogP contribution in [0.15, 0.2) is 23.8 Å². The van der Waals surface area contributed by atoms with E-state index < -0.39 is 17.3 Å². The Morgan fingerprint density at radius 3 is 2.65 bits per heavy atom. The predicted octanol–water partition coefficient (Wildman–Crippen LogP) is 3.81. The first-order valence-electron chi connectivity index (χ1n) is 9.89. The molecule has 4 rings (SSSR count). The third-order valence-corrected chi connectivity index (χ3v) is 8.44. The second kappa shape index (κ2) is 5.64. The van der Waals surface area contributed by atoms with E-state index >= 15 is 0 Å². The van der Waals surface area contributed by atoms with Gasteiger partial charge in [-0.2, -0.15) is 0 Å². The minimum Gasteiger partial charge on any atom is -0.481 e. The number of carboxylic acids is 1. The number of allylic oxidation sites excluding steroid dienone is 4. The van der Waals surface area contributed by atoms with Crippen LogP contribution in [-0.2, 0) is 14.4 Å². The molecule has 4 heteroatoms. The average Bonchev–Trinajstić information content (AvgIpc) is 2.94. The summed E-state index contributed by atoms with van der Waals surface area (Å²) in [6, 6.07) is 0. The number of hydrogen-bond donors (Lipinski definition) is 1. The Labute approximate surface area is 154 Å². The molecule has 0 aromatic carbocycles. The third-order valence-electron chi connectivity index (χ3n) is 8.44. The zero-order valence-corrected chi connectivity index (χ0v) is 15.8. The Hall–Kier alpha value is -1.71. The van der Waals surface area contributed by atoms with E-state index in [9.17, 15) is 19.5 Å². The first-order chi connectivity index (χ1) is 12.2. The average molecular weight is 356 g/mol. The fourth-order valence-corrected chi connectivity index (χ4v) is 6.73. The zero-order valence-electron chi connectivity index (χ0n) is 15.8. The highest BCUT2D eigenvalue weighted by molar-refractivity contribution is 5.93. The number of ketones is 2. The molecule has 2 fully saturated rings. The molecule has 0 saturated heterocycles. The largest absolute Gasteiger partial charge is 0.481 e. The van der Waals surface area contributed by atoms with Crippen LogP contribution in [0.3, 0.4) is 0 Å². The Morgan fingerprint density at radius 2 is 1.96 bits per heavy atom. The molecule has 0 unspecified atom stereocenters. The van der Waals surface area contributed by atoms with Crippen molar-refractivity contribution in [1.82, 2.24) is 0 Å². The number of rotatable bonds is 2. The maximum absolute atomic E-state index is 13.4. The molecule has 7 atom stereocenters. The fraction of sp³-hybridized carbons (Fsp3) is 0.682. The van der Waals surface area contributed by atoms with Gasteiger partial charge in [0.1, 0.15) is 5.78 Å². The maximum Gasteiger partial charge on any atom is 0.306 e. The Balaban J connectivity index is 1.75. The molecule has 0 spiro atoms. The Morgan fingerprint density at radius 1 is 1.23 bits per heavy atom. The number of carbonyl (C=O) groups excluding carboxylic acids is 2. The number of aliphatic carboxylic acids is 1. The van der Waals surface area contributed by atoms with E-state index in [0.717, 1.165) is 24.8 Å². The summed E-state index contributed by atoms with van der Waals surface area (Å²) < 4.78 is 0. The molecule has 0 amide bonds. The van der Waals surface area contributed by atoms with Crippen molar-refractivity contribution >= 4 is 17.5 Å². The molecule has 2 saturated carbocycles. The van der Waals surface area contributed by atoms with Gasteiger partial charge >= 0.3 is 5.97 Å². The van der Waals surface area contributed by atoms with E-state index in [1.807, 2.05) is 6.92 Å². The van der Waals surface area contributed by atoms with Crippen LogP contribution >= 0.6 is 0 Å². The van der Waals surface area contributed by atoms with E-state index in [2.05, 4.69) is 19.1 Å². The van der Waals surface area contributed by atoms with Gasteiger partial charge in [-0.1, -0.05) is 32.9 Å². The summed E-state index contributed by atoms with van der Waals surface area (Å²) in [5, 5.41) is 9.52. The summed E-state index contributed by atoms with van der Waals surface area (Å²) in [5.74, 6) is -0.186. The quantitative estimate of drug-likeness (QED) is 0.817. The van der Waals surface area contributed by atoms with Crippen LogP contribution < -0.4 is 0 Å². The molecule has 0 heterocycles. The second-order valence-electron chi connectivity index (χ2n) is 9.35. The third kappa shape index (κ3) is 2.17. The standard InChI is InChI=1S/C22H28O4/c1-12(20(25)26)16-6-7-17-15-5-4-13-10-14(23)8-9-21(13,2)18(15)11-19(24)22(16,17)3/h4-5,10,12,15-18H,6-9,11H2,1-3H3,(H,25,26)/t12-,15-,16+,17-,18-,21-,22+/m0/s1. The summed E-state index contributed by atoms with van der Waals surface area (Å²) in [5.41, 5.74) is 0.437. The molecule has 4 aliphatic carbocycles. The summed E-state index contributed by atoms with van der Waals surface area (Å²) >= 11 is 0. The van der Waals surface area contributed by atoms with E-state index in [-0.39, 0.29) is 34.7 Å². The second-order valence-corrected chi connectivity index (χ2v) is 9.35. The molecule has 0 aromatic rings. The first kappa shape index (κ1) is 17.7. The van der Waals surface area contributed by atoms with Crippen molar-refractivity contribution in [3.8, 4) is 0 Å². The highest BCUT2D eigenvalue weighted by atomic mass is 16.4. The highest BCUT2D eigenvalue weighted by Gasteiger charge is 2.63. The van der Waals surface area contributed by atoms with Crippen molar-refractivity contribution in [1.29, 1.82) is 0 Å². The molecule has 4 nitrogen and oxygen atoms in total. The lowest BCUT2D eigenvalue weighted by Gasteiger charge is -2.55. The fourth-order valence-electron chi connectivity index (χ4n) is 6.73. The van der Waals surface area contributed by atoms with Crippen LogP contribution in [0.2, 0.25) is 0 Å². The summed E-state index contributed by atoms with van der Waals surface area (Å²) in [6.45, 7) is 6.00. The van der Waals surface area contributed by atoms with Gasteiger partial charge in [-0.3, -0.25) is 14.4 Å². The zero-order chi connectivity index (χ0) is 18.9. The normalized spacial score (nSPS) is 45.4. The van der Waals surface area contributed by atoms with Gasteiger partial charge < -0.3 is 5.11 Å². The molecule has 0 aliphatic heterocycles. The van der Waals surface area contributed by atoms with Crippen LogP contribution in [-0.4, -0.2) is 22.6 Å². The van der Waals surface area contributed by atoms with E-state index in [1.165, 1.54) is 0 Å². The molecule has 1 N–H and O–H groups in total. The van der Waals surface area contributed by atoms with Crippen molar-refractivity contribution < 1.29 is 19.5 Å². The molecule has 4 aliphatic rings. The highest BCUT2D eigenvalue weighted by Crippen LogP contribution is 2.64. The summed E-state index contributed by atoms with van der Waals surface area (Å²) in [6.07, 6.45) is 9.73. The minimum absolute atomic E-state index is 0.0791. The number of fused-ring (bicyclic) bond motifs is 5. The molecule has 0 radical (unpaired) electrons. The van der Waals surface area contributed by atoms with Crippen LogP contribution in [0, 0.1) is 40.4 Å². The van der Waals surface area contributed by atoms with E-state index in [0.29, 0.717) is 18.8 Å². The molecule has 26 heavy (non-hydrogen) atoms. The SMILES string of the molecule is C[C@H](C(=O)O)[C@H]1CC[C@H]2[C@@H]3C=CC4=CC(=O)CC[C@]4(C)[C@H]3CC(=O)[C@]12C. The topological polar surface area (TPSA) is 71.4 Å². The van der Waals surface area contributed by atoms with Gasteiger partial charge in [-0.25, -0.2) is 0 Å². The van der Waals surface area contributed by atoms with Gasteiger partial charge in [-0.05, 0) is 60.0 Å². The van der Waals surface area contributed by atoms with Crippen molar-refractivity contribution in [2.24, 2.45) is 40.4 Å². The predicted molar refractivity (Wildman–Crippen MR) is 97.3 cm³/mol. The Bertz CT molecular complexity index is 747. The summed E-state index contributed by atoms with van der Waals surface area (Å²) in [4.78, 5) is 36.8. The van der Waals surface area contributed by atoms with Gasteiger partial charge in [0.05, 0.1) is 5.92 Å². The number of Topliss-reactive ketones (excluding diaryl/α,β-unsaturated/α-hetero) is 1. The van der Waals surface area contributed by atoms with Crippen LogP contribution in [0.4, 0.5) is 0 Å². The van der Waals surface area contributed by atoms with Crippen LogP contribution in [0.5, 0.6) is 0 Å². The summed E-state index contributed by atoms with van der Waals surface area (Å²) in [7, 11) is 0. The Kier molecular flexibility index (Phi) is 3.84. The van der Waals surface area contributed by atoms with Gasteiger partial charge in [0.25, 0.3) is 0 Å². The smallest absolute Gasteiger partial charge is 0.306 e. The maximum atomic E-state index is 13.4. The van der Waals surface area contributed by atoms with Crippen molar-refractivity contribution in [3.05, 3.63) is 23.8 Å². The van der Waals surface area contributed by atoms with Gasteiger partial charge in [-0.15, -0.1) is 0 Å². The molecule has 0 bridgehead atoms. The monoisotopic (exact) mass is 356 g/mol. The van der Waals surface area contributed by atoms with Crippen LogP contribution in [0.1, 0.15) is 52.9 Å². The molecular weight excluding hydrogens is 328 g/mol. The number of hydrogen-bond acceptors (Lipinski definition) is 3. The lowest BCUT2D eigenvalue weighted by Crippen LogP contribution is -2.54. The van der Waals surface area contributed by atoms with Crippen LogP contribution in [0.25, 0.3) is 0 Å². The number of carbonyl (C=O) groups is 3.